The maximum atomic E-state index is 10.4. The van der Waals surface area contributed by atoms with E-state index in [-0.39, 0.29) is 6.61 Å². The first kappa shape index (κ1) is 9.13. The van der Waals surface area contributed by atoms with Gasteiger partial charge in [0, 0.05) is 0 Å². The van der Waals surface area contributed by atoms with Crippen LogP contribution in [0.5, 0.6) is 0 Å². The van der Waals surface area contributed by atoms with Crippen molar-refractivity contribution in [3.8, 4) is 0 Å². The van der Waals surface area contributed by atoms with Crippen LogP contribution in [0.1, 0.15) is 0 Å². The second kappa shape index (κ2) is 4.96. The van der Waals surface area contributed by atoms with Crippen LogP contribution in [0.15, 0.2) is 12.2 Å². The van der Waals surface area contributed by atoms with Gasteiger partial charge in [-0.15, -0.1) is 0 Å². The molecule has 0 aliphatic carbocycles. The summed E-state index contributed by atoms with van der Waals surface area (Å²) in [7, 11) is 1.18. The minimum Gasteiger partial charge on any atom is -0.467 e. The molecule has 2 N–H and O–H groups in total. The number of aliphatic hydroxyl groups excluding tert-OH is 2. The molecule has 0 heterocycles. The number of hydrogen-bond donors (Lipinski definition) is 2. The molecule has 4 heteroatoms. The van der Waals surface area contributed by atoms with E-state index in [4.69, 9.17) is 10.2 Å². The Hall–Kier alpha value is -0.870. The van der Waals surface area contributed by atoms with Gasteiger partial charge in [-0.2, -0.15) is 0 Å². The summed E-state index contributed by atoms with van der Waals surface area (Å²) in [6.07, 6.45) is 1.16. The lowest BCUT2D eigenvalue weighted by atomic mass is 10.3. The average molecular weight is 146 g/mol. The number of esters is 1. The Kier molecular flexibility index (Phi) is 4.53. The molecule has 0 aliphatic rings. The van der Waals surface area contributed by atoms with Crippen molar-refractivity contribution in [2.45, 2.75) is 6.10 Å². The van der Waals surface area contributed by atoms with Crippen LogP contribution in [0, 0.1) is 0 Å². The van der Waals surface area contributed by atoms with Crippen molar-refractivity contribution in [3.05, 3.63) is 12.2 Å². The maximum absolute atomic E-state index is 10.4. The van der Waals surface area contributed by atoms with E-state index in [0.29, 0.717) is 0 Å². The molecule has 0 saturated carbocycles. The summed E-state index contributed by atoms with van der Waals surface area (Å²) < 4.78 is 4.19. The van der Waals surface area contributed by atoms with E-state index in [1.54, 1.807) is 0 Å². The van der Waals surface area contributed by atoms with Crippen LogP contribution in [0.25, 0.3) is 0 Å². The van der Waals surface area contributed by atoms with Crippen LogP contribution in [0.3, 0.4) is 0 Å². The highest BCUT2D eigenvalue weighted by Gasteiger charge is 2.09. The number of aliphatic hydroxyl groups is 2. The standard InChI is InChI=1S/C6H10O4/c1-10-6(9)5(8)3-2-4-7/h2-3,5,7-8H,4H2,1H3. The first-order valence-corrected chi connectivity index (χ1v) is 2.75. The Labute approximate surface area is 58.7 Å². The number of ether oxygens (including phenoxy) is 1. The van der Waals surface area contributed by atoms with Crippen molar-refractivity contribution in [2.24, 2.45) is 0 Å². The highest BCUT2D eigenvalue weighted by Crippen LogP contribution is 1.88. The first-order chi connectivity index (χ1) is 4.72. The number of methoxy groups -OCH3 is 1. The van der Waals surface area contributed by atoms with Gasteiger partial charge in [-0.1, -0.05) is 6.08 Å². The summed E-state index contributed by atoms with van der Waals surface area (Å²) in [6, 6.07) is 0. The fraction of sp³-hybridized carbons (Fsp3) is 0.500. The Bertz CT molecular complexity index is 130. The number of carbonyl (C=O) groups excluding carboxylic acids is 1. The molecule has 58 valence electrons. The molecule has 0 aromatic rings. The van der Waals surface area contributed by atoms with E-state index >= 15 is 0 Å². The molecule has 0 aromatic heterocycles. The molecular formula is C6H10O4. The molecule has 1 unspecified atom stereocenters. The predicted molar refractivity (Wildman–Crippen MR) is 34.2 cm³/mol. The number of carbonyl (C=O) groups is 1. The number of hydrogen-bond acceptors (Lipinski definition) is 4. The van der Waals surface area contributed by atoms with Gasteiger partial charge >= 0.3 is 5.97 Å². The monoisotopic (exact) mass is 146 g/mol. The first-order valence-electron chi connectivity index (χ1n) is 2.75. The van der Waals surface area contributed by atoms with Crippen molar-refractivity contribution >= 4 is 5.97 Å². The molecule has 0 rings (SSSR count). The van der Waals surface area contributed by atoms with E-state index in [0.717, 1.165) is 6.08 Å². The smallest absolute Gasteiger partial charge is 0.338 e. The van der Waals surface area contributed by atoms with E-state index in [2.05, 4.69) is 4.74 Å². The second-order valence-electron chi connectivity index (χ2n) is 1.58. The van der Waals surface area contributed by atoms with E-state index in [1.165, 1.54) is 13.2 Å². The lowest BCUT2D eigenvalue weighted by molar-refractivity contribution is -0.147. The molecule has 0 radical (unpaired) electrons. The Morgan fingerprint density at radius 1 is 1.80 bits per heavy atom. The summed E-state index contributed by atoms with van der Waals surface area (Å²) in [4.78, 5) is 10.4. The topological polar surface area (TPSA) is 66.8 Å². The molecule has 10 heavy (non-hydrogen) atoms. The maximum Gasteiger partial charge on any atom is 0.338 e. The van der Waals surface area contributed by atoms with Gasteiger partial charge < -0.3 is 14.9 Å². The lowest BCUT2D eigenvalue weighted by Crippen LogP contribution is -2.18. The highest BCUT2D eigenvalue weighted by atomic mass is 16.5. The van der Waals surface area contributed by atoms with Crippen LogP contribution < -0.4 is 0 Å². The molecule has 4 nitrogen and oxygen atoms in total. The summed E-state index contributed by atoms with van der Waals surface area (Å²) in [5.41, 5.74) is 0. The third kappa shape index (κ3) is 3.21. The molecule has 0 bridgehead atoms. The molecule has 0 saturated heterocycles. The molecule has 0 aliphatic heterocycles. The van der Waals surface area contributed by atoms with Crippen LogP contribution >= 0.6 is 0 Å². The van der Waals surface area contributed by atoms with Gasteiger partial charge in [0.1, 0.15) is 0 Å². The van der Waals surface area contributed by atoms with Crippen molar-refractivity contribution < 1.29 is 19.7 Å². The van der Waals surface area contributed by atoms with Crippen molar-refractivity contribution in [2.75, 3.05) is 13.7 Å². The Morgan fingerprint density at radius 2 is 2.40 bits per heavy atom. The summed E-state index contributed by atoms with van der Waals surface area (Å²) in [5.74, 6) is -0.732. The predicted octanol–water partition coefficient (Wildman–Crippen LogP) is -0.931. The highest BCUT2D eigenvalue weighted by molar-refractivity contribution is 5.76. The summed E-state index contributed by atoms with van der Waals surface area (Å²) in [6.45, 7) is -0.200. The fourth-order valence-electron chi connectivity index (χ4n) is 0.389. The zero-order valence-electron chi connectivity index (χ0n) is 5.65. The van der Waals surface area contributed by atoms with Gasteiger partial charge in [-0.05, 0) is 6.08 Å². The van der Waals surface area contributed by atoms with E-state index < -0.39 is 12.1 Å². The quantitative estimate of drug-likeness (QED) is 0.398. The zero-order chi connectivity index (χ0) is 7.98. The third-order valence-electron chi connectivity index (χ3n) is 0.866. The molecule has 0 aromatic carbocycles. The van der Waals surface area contributed by atoms with E-state index in [1.807, 2.05) is 0 Å². The average Bonchev–Trinajstić information content (AvgIpc) is 1.98. The SMILES string of the molecule is COC(=O)C(O)C=CCO. The molecular weight excluding hydrogens is 136 g/mol. The van der Waals surface area contributed by atoms with Crippen molar-refractivity contribution in [1.82, 2.24) is 0 Å². The molecule has 0 fully saturated rings. The molecule has 0 spiro atoms. The van der Waals surface area contributed by atoms with Crippen molar-refractivity contribution in [3.63, 3.8) is 0 Å². The van der Waals surface area contributed by atoms with Gasteiger partial charge in [-0.25, -0.2) is 4.79 Å². The summed E-state index contributed by atoms with van der Waals surface area (Å²) in [5, 5.41) is 17.0. The Morgan fingerprint density at radius 3 is 2.80 bits per heavy atom. The number of rotatable bonds is 3. The van der Waals surface area contributed by atoms with Gasteiger partial charge in [0.15, 0.2) is 6.10 Å². The van der Waals surface area contributed by atoms with Gasteiger partial charge in [0.25, 0.3) is 0 Å². The molecule has 0 amide bonds. The minimum absolute atomic E-state index is 0.200. The minimum atomic E-state index is -1.27. The van der Waals surface area contributed by atoms with Gasteiger partial charge in [0.05, 0.1) is 13.7 Å². The van der Waals surface area contributed by atoms with Crippen LogP contribution in [-0.4, -0.2) is 36.0 Å². The summed E-state index contributed by atoms with van der Waals surface area (Å²) >= 11 is 0. The lowest BCUT2D eigenvalue weighted by Gasteiger charge is -2.00. The van der Waals surface area contributed by atoms with Crippen molar-refractivity contribution in [1.29, 1.82) is 0 Å². The zero-order valence-corrected chi connectivity index (χ0v) is 5.65. The van der Waals surface area contributed by atoms with Crippen LogP contribution in [-0.2, 0) is 9.53 Å². The van der Waals surface area contributed by atoms with Gasteiger partial charge in [0.2, 0.25) is 0 Å². The fourth-order valence-corrected chi connectivity index (χ4v) is 0.389. The second-order valence-corrected chi connectivity index (χ2v) is 1.58. The van der Waals surface area contributed by atoms with Crippen LogP contribution in [0.2, 0.25) is 0 Å². The third-order valence-corrected chi connectivity index (χ3v) is 0.866. The Balaban J connectivity index is 3.72. The van der Waals surface area contributed by atoms with E-state index in [9.17, 15) is 4.79 Å². The largest absolute Gasteiger partial charge is 0.467 e. The van der Waals surface area contributed by atoms with Gasteiger partial charge in [-0.3, -0.25) is 0 Å². The normalized spacial score (nSPS) is 13.5. The molecule has 1 atom stereocenters. The van der Waals surface area contributed by atoms with Crippen LogP contribution in [0.4, 0.5) is 0 Å².